The zero-order valence-corrected chi connectivity index (χ0v) is 33.5. The fourth-order valence-electron chi connectivity index (χ4n) is 6.80. The number of sulfone groups is 1. The predicted octanol–water partition coefficient (Wildman–Crippen LogP) is 5.39. The predicted molar refractivity (Wildman–Crippen MR) is 201 cm³/mol. The number of carbonyl (C=O) groups excluding carboxylic acids is 4. The average Bonchev–Trinajstić information content (AvgIpc) is 3.13. The first kappa shape index (κ1) is 47.2. The number of halogens is 5. The van der Waals surface area contributed by atoms with Crippen LogP contribution in [0.5, 0.6) is 0 Å². The van der Waals surface area contributed by atoms with Crippen LogP contribution in [0.25, 0.3) is 0 Å². The Kier molecular flexibility index (Phi) is 17.9. The summed E-state index contributed by atoms with van der Waals surface area (Å²) in [7, 11) is -4.10. The standard InChI is InChI=1S/C39H53F5N4O8S/c1-5-9-32(10-6-2)57(53,54)24-33(45)36(50)48(38(52)55-31-13-15-47(16-14-31)25(4)49)34(20-28-18-29(40)21-30(41)19-28)35(56-37(51)39(42,43)44)23-46-22-27-12-8-11-26(7-3)17-27/h8,11-12,17-19,21,31-35,46H,5-7,9-10,13-16,20,22-24,45H2,1-4H3/t33?,34-,35+/m0/s1. The van der Waals surface area contributed by atoms with E-state index in [0.717, 1.165) is 17.7 Å². The summed E-state index contributed by atoms with van der Waals surface area (Å²) in [5.74, 6) is -7.48. The molecule has 0 aliphatic carbocycles. The summed E-state index contributed by atoms with van der Waals surface area (Å²) in [5.41, 5.74) is 7.64. The number of amides is 3. The number of rotatable bonds is 19. The molecule has 3 N–H and O–H groups in total. The number of benzene rings is 2. The number of hydrogen-bond donors (Lipinski definition) is 2. The number of nitrogens with one attached hydrogen (secondary N) is 1. The van der Waals surface area contributed by atoms with E-state index in [1.807, 2.05) is 19.1 Å². The van der Waals surface area contributed by atoms with Gasteiger partial charge in [0.05, 0.1) is 23.1 Å². The van der Waals surface area contributed by atoms with Crippen molar-refractivity contribution in [1.82, 2.24) is 15.1 Å². The number of esters is 1. The van der Waals surface area contributed by atoms with Gasteiger partial charge in [0.1, 0.15) is 23.8 Å². The fraction of sp³-hybridized carbons (Fsp3) is 0.590. The van der Waals surface area contributed by atoms with Gasteiger partial charge in [-0.05, 0) is 54.5 Å². The Morgan fingerprint density at radius 3 is 2.09 bits per heavy atom. The van der Waals surface area contributed by atoms with Crippen molar-refractivity contribution in [3.8, 4) is 0 Å². The number of nitrogens with zero attached hydrogens (tertiary/aromatic N) is 2. The summed E-state index contributed by atoms with van der Waals surface area (Å²) in [5, 5.41) is 2.00. The Balaban J connectivity index is 2.17. The van der Waals surface area contributed by atoms with Gasteiger partial charge in [-0.3, -0.25) is 9.59 Å². The molecule has 0 bridgehead atoms. The Bertz CT molecular complexity index is 1760. The molecule has 12 nitrogen and oxygen atoms in total. The SMILES string of the molecule is CCCC(CCC)S(=O)(=O)CC(N)C(=O)N(C(=O)OC1CCN(C(C)=O)CC1)[C@@H](Cc1cc(F)cc(F)c1)[C@@H](CNCc1cccc(CC)c1)OC(=O)C(F)(F)F. The molecule has 318 valence electrons. The van der Waals surface area contributed by atoms with Crippen LogP contribution in [0.3, 0.4) is 0 Å². The number of piperidine rings is 1. The molecule has 3 amide bonds. The third kappa shape index (κ3) is 14.3. The Morgan fingerprint density at radius 2 is 1.54 bits per heavy atom. The van der Waals surface area contributed by atoms with Crippen LogP contribution in [0.15, 0.2) is 42.5 Å². The van der Waals surface area contributed by atoms with Gasteiger partial charge in [-0.15, -0.1) is 0 Å². The monoisotopic (exact) mass is 832 g/mol. The molecule has 1 aliphatic rings. The second-order valence-corrected chi connectivity index (χ2v) is 16.6. The van der Waals surface area contributed by atoms with Crippen LogP contribution < -0.4 is 11.1 Å². The Morgan fingerprint density at radius 1 is 0.947 bits per heavy atom. The fourth-order valence-corrected chi connectivity index (χ4v) is 8.90. The third-order valence-corrected chi connectivity index (χ3v) is 12.1. The minimum atomic E-state index is -5.55. The number of hydrogen-bond acceptors (Lipinski definition) is 10. The highest BCUT2D eigenvalue weighted by Crippen LogP contribution is 2.26. The van der Waals surface area contributed by atoms with Crippen molar-refractivity contribution >= 4 is 33.7 Å². The van der Waals surface area contributed by atoms with E-state index in [9.17, 15) is 49.5 Å². The van der Waals surface area contributed by atoms with Crippen LogP contribution in [0.4, 0.5) is 26.7 Å². The van der Waals surface area contributed by atoms with Gasteiger partial charge in [0.15, 0.2) is 9.84 Å². The molecular formula is C39H53F5N4O8S. The molecule has 0 saturated carbocycles. The quantitative estimate of drug-likeness (QED) is 0.139. The Labute approximate surface area is 330 Å². The van der Waals surface area contributed by atoms with E-state index < -0.39 is 93.9 Å². The molecule has 1 heterocycles. The molecule has 0 spiro atoms. The highest BCUT2D eigenvalue weighted by Gasteiger charge is 2.47. The molecule has 1 unspecified atom stereocenters. The van der Waals surface area contributed by atoms with Crippen LogP contribution in [0.2, 0.25) is 0 Å². The first-order valence-electron chi connectivity index (χ1n) is 19.1. The first-order valence-corrected chi connectivity index (χ1v) is 20.8. The number of nitrogens with two attached hydrogens (primary N) is 1. The smallest absolute Gasteiger partial charge is 0.452 e. The largest absolute Gasteiger partial charge is 0.490 e. The third-order valence-electron chi connectivity index (χ3n) is 9.74. The highest BCUT2D eigenvalue weighted by molar-refractivity contribution is 7.92. The van der Waals surface area contributed by atoms with Gasteiger partial charge in [-0.2, -0.15) is 13.2 Å². The second-order valence-electron chi connectivity index (χ2n) is 14.2. The Hall–Kier alpha value is -4.16. The minimum absolute atomic E-state index is 0.0103. The van der Waals surface area contributed by atoms with Crippen molar-refractivity contribution in [2.24, 2.45) is 5.73 Å². The topological polar surface area (TPSA) is 165 Å². The van der Waals surface area contributed by atoms with E-state index in [0.29, 0.717) is 35.8 Å². The van der Waals surface area contributed by atoms with Crippen molar-refractivity contribution in [1.29, 1.82) is 0 Å². The summed E-state index contributed by atoms with van der Waals surface area (Å²) in [6.45, 7) is 6.52. The maximum absolute atomic E-state index is 14.6. The van der Waals surface area contributed by atoms with E-state index in [1.165, 1.54) is 11.8 Å². The lowest BCUT2D eigenvalue weighted by Gasteiger charge is -2.38. The van der Waals surface area contributed by atoms with Gasteiger partial charge < -0.3 is 25.4 Å². The van der Waals surface area contributed by atoms with Gasteiger partial charge in [0.2, 0.25) is 11.8 Å². The molecular weight excluding hydrogens is 780 g/mol. The molecule has 2 aromatic carbocycles. The maximum Gasteiger partial charge on any atom is 0.490 e. The molecule has 1 saturated heterocycles. The lowest BCUT2D eigenvalue weighted by Crippen LogP contribution is -2.60. The van der Waals surface area contributed by atoms with Gasteiger partial charge in [-0.1, -0.05) is 57.9 Å². The van der Waals surface area contributed by atoms with Crippen molar-refractivity contribution in [2.45, 2.75) is 121 Å². The van der Waals surface area contributed by atoms with Gasteiger partial charge in [0.25, 0.3) is 0 Å². The molecule has 3 rings (SSSR count). The first-order chi connectivity index (χ1) is 26.8. The van der Waals surface area contributed by atoms with E-state index in [2.05, 4.69) is 5.32 Å². The van der Waals surface area contributed by atoms with E-state index in [1.54, 1.807) is 26.0 Å². The number of ether oxygens (including phenoxy) is 2. The van der Waals surface area contributed by atoms with E-state index in [4.69, 9.17) is 15.2 Å². The maximum atomic E-state index is 14.6. The zero-order valence-electron chi connectivity index (χ0n) is 32.7. The molecule has 1 aliphatic heterocycles. The van der Waals surface area contributed by atoms with Gasteiger partial charge >= 0.3 is 18.2 Å². The highest BCUT2D eigenvalue weighted by atomic mass is 32.2. The molecule has 0 aromatic heterocycles. The number of alkyl halides is 3. The summed E-state index contributed by atoms with van der Waals surface area (Å²) < 4.78 is 108. The molecule has 2 aromatic rings. The molecule has 3 atom stereocenters. The average molecular weight is 833 g/mol. The number of imide groups is 1. The van der Waals surface area contributed by atoms with Crippen LogP contribution in [0.1, 0.15) is 82.9 Å². The molecule has 57 heavy (non-hydrogen) atoms. The lowest BCUT2D eigenvalue weighted by atomic mass is 9.98. The van der Waals surface area contributed by atoms with Crippen molar-refractivity contribution in [3.63, 3.8) is 0 Å². The molecule has 0 radical (unpaired) electrons. The van der Waals surface area contributed by atoms with Crippen LogP contribution in [-0.2, 0) is 53.1 Å². The van der Waals surface area contributed by atoms with E-state index in [-0.39, 0.29) is 56.8 Å². The zero-order chi connectivity index (χ0) is 42.5. The summed E-state index contributed by atoms with van der Waals surface area (Å²) in [6.07, 6.45) is -8.44. The summed E-state index contributed by atoms with van der Waals surface area (Å²) in [4.78, 5) is 54.9. The van der Waals surface area contributed by atoms with Crippen molar-refractivity contribution in [3.05, 3.63) is 70.8 Å². The minimum Gasteiger partial charge on any atom is -0.452 e. The number of aryl methyl sites for hydroxylation is 1. The van der Waals surface area contributed by atoms with E-state index >= 15 is 0 Å². The summed E-state index contributed by atoms with van der Waals surface area (Å²) in [6, 6.07) is 5.37. The number of likely N-dealkylation sites (tertiary alicyclic amines) is 1. The molecule has 18 heteroatoms. The summed E-state index contributed by atoms with van der Waals surface area (Å²) >= 11 is 0. The van der Waals surface area contributed by atoms with Gasteiger partial charge in [-0.25, -0.2) is 31.7 Å². The van der Waals surface area contributed by atoms with Crippen molar-refractivity contribution < 1.29 is 59.0 Å². The lowest BCUT2D eigenvalue weighted by molar-refractivity contribution is -0.207. The number of carbonyl (C=O) groups is 4. The van der Waals surface area contributed by atoms with Gasteiger partial charge in [0, 0.05) is 52.0 Å². The normalized spacial score (nSPS) is 15.5. The van der Waals surface area contributed by atoms with Crippen LogP contribution in [-0.4, -0.2) is 103 Å². The molecule has 1 fully saturated rings. The second kappa shape index (κ2) is 21.6. The van der Waals surface area contributed by atoms with Crippen LogP contribution in [0, 0.1) is 11.6 Å². The van der Waals surface area contributed by atoms with Crippen molar-refractivity contribution in [2.75, 3.05) is 25.4 Å². The van der Waals surface area contributed by atoms with Crippen LogP contribution >= 0.6 is 0 Å².